The molecule has 0 bridgehead atoms. The van der Waals surface area contributed by atoms with Gasteiger partial charge in [-0.15, -0.1) is 0 Å². The Kier molecular flexibility index (Phi) is 9.44. The van der Waals surface area contributed by atoms with Crippen molar-refractivity contribution in [1.29, 1.82) is 0 Å². The molecule has 1 fully saturated rings. The number of hydrogen-bond acceptors (Lipinski definition) is 6. The van der Waals surface area contributed by atoms with Crippen LogP contribution in [0.15, 0.2) is 48.5 Å². The van der Waals surface area contributed by atoms with Crippen molar-refractivity contribution in [3.8, 4) is 5.75 Å². The first-order valence-electron chi connectivity index (χ1n) is 11.6. The third-order valence-corrected chi connectivity index (χ3v) is 6.16. The van der Waals surface area contributed by atoms with Crippen LogP contribution in [-0.2, 0) is 27.4 Å². The van der Waals surface area contributed by atoms with Crippen molar-refractivity contribution in [3.05, 3.63) is 65.2 Å². The van der Waals surface area contributed by atoms with Crippen molar-refractivity contribution in [1.82, 2.24) is 15.1 Å². The number of nitrogens with two attached hydrogens (primary N) is 1. The number of amides is 2. The van der Waals surface area contributed by atoms with Crippen LogP contribution < -0.4 is 15.8 Å². The Balaban J connectivity index is 1.86. The highest BCUT2D eigenvalue weighted by atomic mass is 16.5. The van der Waals surface area contributed by atoms with Crippen LogP contribution in [0.2, 0.25) is 0 Å². The van der Waals surface area contributed by atoms with Crippen LogP contribution in [0.1, 0.15) is 23.1 Å². The summed E-state index contributed by atoms with van der Waals surface area (Å²) in [5.41, 5.74) is 9.06. The molecule has 0 aliphatic carbocycles. The second kappa shape index (κ2) is 12.5. The van der Waals surface area contributed by atoms with E-state index in [0.29, 0.717) is 39.1 Å². The average molecular weight is 469 g/mol. The summed E-state index contributed by atoms with van der Waals surface area (Å²) in [5, 5.41) is 2.85. The summed E-state index contributed by atoms with van der Waals surface area (Å²) >= 11 is 0. The van der Waals surface area contributed by atoms with Crippen LogP contribution >= 0.6 is 0 Å². The standard InChI is InChI=1S/C26H36N4O4/c1-19-7-9-20(10-8-19)15-29(16-21-5-4-6-23(13-21)34-3)22-14-24(26(32)28-12-11-27)30(17-22)25(31)18-33-2/h4-10,13,22,24H,11-12,14-18,27H2,1-3H3,(H,28,32). The van der Waals surface area contributed by atoms with E-state index >= 15 is 0 Å². The van der Waals surface area contributed by atoms with E-state index in [2.05, 4.69) is 47.5 Å². The number of ether oxygens (including phenoxy) is 2. The van der Waals surface area contributed by atoms with E-state index in [1.54, 1.807) is 12.0 Å². The van der Waals surface area contributed by atoms with Gasteiger partial charge in [0.2, 0.25) is 11.8 Å². The molecular formula is C26H36N4O4. The number of rotatable bonds is 11. The minimum Gasteiger partial charge on any atom is -0.497 e. The van der Waals surface area contributed by atoms with Crippen LogP contribution in [0.3, 0.4) is 0 Å². The van der Waals surface area contributed by atoms with Crippen LogP contribution in [0.4, 0.5) is 0 Å². The van der Waals surface area contributed by atoms with Gasteiger partial charge in [0.05, 0.1) is 7.11 Å². The summed E-state index contributed by atoms with van der Waals surface area (Å²) in [6, 6.07) is 15.9. The van der Waals surface area contributed by atoms with Crippen LogP contribution in [-0.4, -0.2) is 74.2 Å². The van der Waals surface area contributed by atoms with Crippen molar-refractivity contribution < 1.29 is 19.1 Å². The second-order valence-corrected chi connectivity index (χ2v) is 8.71. The number of methoxy groups -OCH3 is 2. The molecule has 34 heavy (non-hydrogen) atoms. The van der Waals surface area contributed by atoms with Gasteiger partial charge in [-0.2, -0.15) is 0 Å². The molecular weight excluding hydrogens is 432 g/mol. The molecule has 0 saturated carbocycles. The number of nitrogens with zero attached hydrogens (tertiary/aromatic N) is 2. The fraction of sp³-hybridized carbons (Fsp3) is 0.462. The molecule has 8 nitrogen and oxygen atoms in total. The molecule has 2 atom stereocenters. The minimum absolute atomic E-state index is 0.00179. The molecule has 0 radical (unpaired) electrons. The van der Waals surface area contributed by atoms with Gasteiger partial charge in [0.25, 0.3) is 0 Å². The van der Waals surface area contributed by atoms with Gasteiger partial charge in [-0.3, -0.25) is 14.5 Å². The lowest BCUT2D eigenvalue weighted by atomic mass is 10.1. The molecule has 0 spiro atoms. The predicted octanol–water partition coefficient (Wildman–Crippen LogP) is 1.70. The Hall–Kier alpha value is -2.94. The SMILES string of the molecule is COCC(=O)N1CC(N(Cc2ccc(C)cc2)Cc2cccc(OC)c2)CC1C(=O)NCCN. The average Bonchev–Trinajstić information content (AvgIpc) is 3.29. The highest BCUT2D eigenvalue weighted by molar-refractivity contribution is 5.88. The maximum atomic E-state index is 12.9. The third kappa shape index (κ3) is 6.79. The molecule has 3 N–H and O–H groups in total. The van der Waals surface area contributed by atoms with Gasteiger partial charge >= 0.3 is 0 Å². The van der Waals surface area contributed by atoms with Gasteiger partial charge in [0.1, 0.15) is 18.4 Å². The van der Waals surface area contributed by atoms with Crippen molar-refractivity contribution in [2.45, 2.75) is 38.5 Å². The Bertz CT molecular complexity index is 950. The van der Waals surface area contributed by atoms with Gasteiger partial charge < -0.3 is 25.4 Å². The Morgan fingerprint density at radius 1 is 1.12 bits per heavy atom. The zero-order valence-electron chi connectivity index (χ0n) is 20.3. The van der Waals surface area contributed by atoms with Gasteiger partial charge in [0, 0.05) is 45.9 Å². The fourth-order valence-corrected chi connectivity index (χ4v) is 4.37. The molecule has 184 valence electrons. The highest BCUT2D eigenvalue weighted by Crippen LogP contribution is 2.27. The number of carbonyl (C=O) groups excluding carboxylic acids is 2. The van der Waals surface area contributed by atoms with E-state index in [9.17, 15) is 9.59 Å². The molecule has 8 heteroatoms. The second-order valence-electron chi connectivity index (χ2n) is 8.71. The smallest absolute Gasteiger partial charge is 0.249 e. The quantitative estimate of drug-likeness (QED) is 0.521. The van der Waals surface area contributed by atoms with Gasteiger partial charge in [-0.25, -0.2) is 0 Å². The number of aryl methyl sites for hydroxylation is 1. The highest BCUT2D eigenvalue weighted by Gasteiger charge is 2.41. The molecule has 1 aliphatic rings. The van der Waals surface area contributed by atoms with E-state index in [1.807, 2.05) is 18.2 Å². The first-order valence-corrected chi connectivity index (χ1v) is 11.6. The van der Waals surface area contributed by atoms with E-state index < -0.39 is 6.04 Å². The van der Waals surface area contributed by atoms with Crippen molar-refractivity contribution in [2.75, 3.05) is 40.5 Å². The monoisotopic (exact) mass is 468 g/mol. The molecule has 3 rings (SSSR count). The summed E-state index contributed by atoms with van der Waals surface area (Å²) < 4.78 is 10.5. The Morgan fingerprint density at radius 3 is 2.53 bits per heavy atom. The topological polar surface area (TPSA) is 97.1 Å². The zero-order chi connectivity index (χ0) is 24.5. The Labute approximate surface area is 202 Å². The third-order valence-electron chi connectivity index (χ3n) is 6.16. The number of likely N-dealkylation sites (tertiary alicyclic amines) is 1. The first-order chi connectivity index (χ1) is 16.4. The zero-order valence-corrected chi connectivity index (χ0v) is 20.3. The van der Waals surface area contributed by atoms with Crippen molar-refractivity contribution in [2.24, 2.45) is 5.73 Å². The van der Waals surface area contributed by atoms with E-state index in [4.69, 9.17) is 15.2 Å². The van der Waals surface area contributed by atoms with Crippen LogP contribution in [0.5, 0.6) is 5.75 Å². The maximum Gasteiger partial charge on any atom is 0.249 e. The van der Waals surface area contributed by atoms with Crippen LogP contribution in [0.25, 0.3) is 0 Å². The summed E-state index contributed by atoms with van der Waals surface area (Å²) in [7, 11) is 3.14. The molecule has 2 aromatic carbocycles. The van der Waals surface area contributed by atoms with Crippen molar-refractivity contribution in [3.63, 3.8) is 0 Å². The molecule has 1 heterocycles. The number of carbonyl (C=O) groups is 2. The lowest BCUT2D eigenvalue weighted by molar-refractivity contribution is -0.141. The summed E-state index contributed by atoms with van der Waals surface area (Å²) in [6.45, 7) is 4.57. The van der Waals surface area contributed by atoms with E-state index in [1.165, 1.54) is 18.2 Å². The fourth-order valence-electron chi connectivity index (χ4n) is 4.37. The molecule has 2 unspecified atom stereocenters. The number of nitrogens with one attached hydrogen (secondary N) is 1. The normalized spacial score (nSPS) is 17.7. The van der Waals surface area contributed by atoms with Gasteiger partial charge in [0.15, 0.2) is 0 Å². The first kappa shape index (κ1) is 25.7. The molecule has 1 aliphatic heterocycles. The van der Waals surface area contributed by atoms with E-state index in [-0.39, 0.29) is 24.5 Å². The van der Waals surface area contributed by atoms with E-state index in [0.717, 1.165) is 11.3 Å². The minimum atomic E-state index is -0.551. The van der Waals surface area contributed by atoms with Gasteiger partial charge in [-0.05, 0) is 36.6 Å². The maximum absolute atomic E-state index is 12.9. The molecule has 0 aromatic heterocycles. The lowest BCUT2D eigenvalue weighted by Gasteiger charge is -2.29. The number of hydrogen-bond donors (Lipinski definition) is 2. The lowest BCUT2D eigenvalue weighted by Crippen LogP contribution is -2.48. The largest absolute Gasteiger partial charge is 0.497 e. The van der Waals surface area contributed by atoms with Crippen molar-refractivity contribution >= 4 is 11.8 Å². The van der Waals surface area contributed by atoms with Gasteiger partial charge in [-0.1, -0.05) is 42.0 Å². The van der Waals surface area contributed by atoms with Crippen LogP contribution in [0, 0.1) is 6.92 Å². The summed E-state index contributed by atoms with van der Waals surface area (Å²) in [6.07, 6.45) is 0.543. The predicted molar refractivity (Wildman–Crippen MR) is 131 cm³/mol. The molecule has 2 aromatic rings. The molecule has 1 saturated heterocycles. The summed E-state index contributed by atoms with van der Waals surface area (Å²) in [5.74, 6) is 0.443. The Morgan fingerprint density at radius 2 is 1.85 bits per heavy atom. The summed E-state index contributed by atoms with van der Waals surface area (Å²) in [4.78, 5) is 29.7. The number of benzene rings is 2. The molecule has 2 amide bonds.